The van der Waals surface area contributed by atoms with E-state index >= 15 is 0 Å². The van der Waals surface area contributed by atoms with Crippen LogP contribution in [-0.2, 0) is 9.53 Å². The van der Waals surface area contributed by atoms with Crippen molar-refractivity contribution in [2.75, 3.05) is 19.0 Å². The average molecular weight is 527 g/mol. The van der Waals surface area contributed by atoms with E-state index in [0.29, 0.717) is 34.3 Å². The second kappa shape index (κ2) is 11.3. The number of carbonyl (C=O) groups is 2. The molecule has 9 heteroatoms. The fraction of sp³-hybridized carbons (Fsp3) is 0.172. The van der Waals surface area contributed by atoms with E-state index in [-0.39, 0.29) is 24.4 Å². The molecule has 192 valence electrons. The molecule has 1 aliphatic rings. The van der Waals surface area contributed by atoms with Crippen molar-refractivity contribution in [1.29, 1.82) is 0 Å². The first-order valence-electron chi connectivity index (χ1n) is 12.2. The van der Waals surface area contributed by atoms with Gasteiger partial charge in [0.25, 0.3) is 0 Å². The minimum Gasteiger partial charge on any atom is -0.465 e. The number of thiocarbonyl (C=S) groups is 1. The van der Waals surface area contributed by atoms with Gasteiger partial charge in [-0.3, -0.25) is 9.78 Å². The Bertz CT molecular complexity index is 1440. The predicted molar refractivity (Wildman–Crippen MR) is 147 cm³/mol. The summed E-state index contributed by atoms with van der Waals surface area (Å²) >= 11 is 5.70. The highest BCUT2D eigenvalue weighted by Gasteiger charge is 2.41. The lowest BCUT2D eigenvalue weighted by molar-refractivity contribution is -0.116. The summed E-state index contributed by atoms with van der Waals surface area (Å²) in [5.41, 5.74) is 2.57. The van der Waals surface area contributed by atoms with Crippen molar-refractivity contribution in [3.05, 3.63) is 108 Å². The monoisotopic (exact) mass is 526 g/mol. The molecule has 8 nitrogen and oxygen atoms in total. The van der Waals surface area contributed by atoms with E-state index in [2.05, 4.69) is 15.6 Å². The number of hydrogen-bond acceptors (Lipinski definition) is 6. The van der Waals surface area contributed by atoms with Crippen molar-refractivity contribution < 1.29 is 18.7 Å². The summed E-state index contributed by atoms with van der Waals surface area (Å²) in [6, 6.07) is 25.2. The Balaban J connectivity index is 1.44. The van der Waals surface area contributed by atoms with Crippen molar-refractivity contribution in [3.63, 3.8) is 0 Å². The van der Waals surface area contributed by atoms with E-state index in [0.717, 1.165) is 11.4 Å². The van der Waals surface area contributed by atoms with Gasteiger partial charge in [-0.25, -0.2) is 4.79 Å². The van der Waals surface area contributed by atoms with E-state index in [1.54, 1.807) is 18.3 Å². The average Bonchev–Trinajstić information content (AvgIpc) is 3.57. The van der Waals surface area contributed by atoms with Gasteiger partial charge in [0.15, 0.2) is 5.11 Å². The van der Waals surface area contributed by atoms with Crippen LogP contribution < -0.4 is 10.6 Å². The minimum atomic E-state index is -0.445. The molecule has 1 aliphatic heterocycles. The van der Waals surface area contributed by atoms with Gasteiger partial charge < -0.3 is 24.7 Å². The van der Waals surface area contributed by atoms with E-state index in [9.17, 15) is 9.59 Å². The standard InChI is InChI=1S/C29H26N4O4S/c1-36-28(35)21-12-6-5-11-20(21)23-14-15-24(37-23)27-26(22-13-7-8-17-30-22)32-29(38)33(27)18-16-25(34)31-19-9-3-2-4-10-19/h2-15,17,26-27H,16,18H2,1H3,(H,31,34)(H,32,38)/t26-,27+/m0/s1. The third-order valence-corrected chi connectivity index (χ3v) is 6.70. The summed E-state index contributed by atoms with van der Waals surface area (Å²) in [6.45, 7) is 0.368. The lowest BCUT2D eigenvalue weighted by atomic mass is 10.0. The lowest BCUT2D eigenvalue weighted by Gasteiger charge is -2.25. The van der Waals surface area contributed by atoms with Crippen LogP contribution in [0.5, 0.6) is 0 Å². The number of amides is 1. The summed E-state index contributed by atoms with van der Waals surface area (Å²) in [5.74, 6) is 0.595. The van der Waals surface area contributed by atoms with Gasteiger partial charge in [0.05, 0.1) is 24.4 Å². The fourth-order valence-corrected chi connectivity index (χ4v) is 4.90. The van der Waals surface area contributed by atoms with E-state index in [1.165, 1.54) is 7.11 Å². The van der Waals surface area contributed by atoms with Gasteiger partial charge in [-0.2, -0.15) is 0 Å². The Morgan fingerprint density at radius 2 is 1.79 bits per heavy atom. The molecule has 0 aliphatic carbocycles. The number of carbonyl (C=O) groups excluding carboxylic acids is 2. The van der Waals surface area contributed by atoms with Crippen LogP contribution in [0.3, 0.4) is 0 Å². The summed E-state index contributed by atoms with van der Waals surface area (Å²) in [6.07, 6.45) is 1.95. The maximum absolute atomic E-state index is 12.7. The van der Waals surface area contributed by atoms with Gasteiger partial charge in [0, 0.05) is 30.4 Å². The number of anilines is 1. The van der Waals surface area contributed by atoms with Crippen LogP contribution in [-0.4, -0.2) is 40.5 Å². The van der Waals surface area contributed by atoms with E-state index in [4.69, 9.17) is 21.4 Å². The molecule has 38 heavy (non-hydrogen) atoms. The highest BCUT2D eigenvalue weighted by molar-refractivity contribution is 7.80. The smallest absolute Gasteiger partial charge is 0.338 e. The third-order valence-electron chi connectivity index (χ3n) is 6.35. The number of benzene rings is 2. The number of methoxy groups -OCH3 is 1. The first-order valence-corrected chi connectivity index (χ1v) is 12.6. The van der Waals surface area contributed by atoms with Crippen molar-refractivity contribution in [3.8, 4) is 11.3 Å². The highest BCUT2D eigenvalue weighted by Crippen LogP contribution is 2.40. The molecular formula is C29H26N4O4S. The normalized spacial score (nSPS) is 16.7. The van der Waals surface area contributed by atoms with Crippen LogP contribution in [0.25, 0.3) is 11.3 Å². The fourth-order valence-electron chi connectivity index (χ4n) is 4.56. The maximum Gasteiger partial charge on any atom is 0.338 e. The number of nitrogens with zero attached hydrogens (tertiary/aromatic N) is 2. The number of esters is 1. The van der Waals surface area contributed by atoms with Crippen LogP contribution in [0, 0.1) is 0 Å². The van der Waals surface area contributed by atoms with Crippen LogP contribution in [0.15, 0.2) is 95.5 Å². The number of ether oxygens (including phenoxy) is 1. The molecule has 0 saturated carbocycles. The van der Waals surface area contributed by atoms with Gasteiger partial charge in [0.2, 0.25) is 5.91 Å². The summed E-state index contributed by atoms with van der Waals surface area (Å²) in [5, 5.41) is 6.78. The second-order valence-corrected chi connectivity index (χ2v) is 9.11. The molecule has 1 fully saturated rings. The molecule has 2 aromatic carbocycles. The summed E-state index contributed by atoms with van der Waals surface area (Å²) < 4.78 is 11.3. The van der Waals surface area contributed by atoms with Gasteiger partial charge in [-0.15, -0.1) is 0 Å². The number of rotatable bonds is 8. The molecular weight excluding hydrogens is 500 g/mol. The van der Waals surface area contributed by atoms with Crippen LogP contribution >= 0.6 is 12.2 Å². The van der Waals surface area contributed by atoms with Gasteiger partial charge in [-0.05, 0) is 54.7 Å². The van der Waals surface area contributed by atoms with Gasteiger partial charge in [-0.1, -0.05) is 42.5 Å². The molecule has 3 heterocycles. The molecule has 0 radical (unpaired) electrons. The zero-order valence-corrected chi connectivity index (χ0v) is 21.5. The number of nitrogens with one attached hydrogen (secondary N) is 2. The van der Waals surface area contributed by atoms with Gasteiger partial charge >= 0.3 is 5.97 Å². The van der Waals surface area contributed by atoms with Gasteiger partial charge in [0.1, 0.15) is 17.6 Å². The van der Waals surface area contributed by atoms with Crippen molar-refractivity contribution in [1.82, 2.24) is 15.2 Å². The third kappa shape index (κ3) is 5.28. The first kappa shape index (κ1) is 25.2. The number of pyridine rings is 1. The molecule has 4 aromatic rings. The Morgan fingerprint density at radius 1 is 1.03 bits per heavy atom. The van der Waals surface area contributed by atoms with Crippen LogP contribution in [0.2, 0.25) is 0 Å². The van der Waals surface area contributed by atoms with Crippen LogP contribution in [0.4, 0.5) is 5.69 Å². The Hall–Kier alpha value is -4.50. The number of furan rings is 1. The minimum absolute atomic E-state index is 0.119. The molecule has 0 bridgehead atoms. The molecule has 2 aromatic heterocycles. The van der Waals surface area contributed by atoms with Crippen molar-refractivity contribution in [2.24, 2.45) is 0 Å². The first-order chi connectivity index (χ1) is 18.5. The molecule has 1 saturated heterocycles. The quantitative estimate of drug-likeness (QED) is 0.241. The SMILES string of the molecule is COC(=O)c1ccccc1-c1ccc([C@@H]2[C@H](c3ccccn3)NC(=S)N2CCC(=O)Nc2ccccc2)o1. The molecule has 2 N–H and O–H groups in total. The van der Waals surface area contributed by atoms with E-state index < -0.39 is 5.97 Å². The zero-order chi connectivity index (χ0) is 26.5. The Kier molecular flexibility index (Phi) is 7.46. The van der Waals surface area contributed by atoms with Crippen molar-refractivity contribution >= 4 is 34.9 Å². The zero-order valence-electron chi connectivity index (χ0n) is 20.7. The number of aromatic nitrogens is 1. The molecule has 0 spiro atoms. The molecule has 0 unspecified atom stereocenters. The summed E-state index contributed by atoms with van der Waals surface area (Å²) in [7, 11) is 1.35. The molecule has 2 atom stereocenters. The Morgan fingerprint density at radius 3 is 2.55 bits per heavy atom. The Labute approximate surface area is 225 Å². The van der Waals surface area contributed by atoms with Crippen molar-refractivity contribution in [2.45, 2.75) is 18.5 Å². The lowest BCUT2D eigenvalue weighted by Crippen LogP contribution is -2.32. The van der Waals surface area contributed by atoms with E-state index in [1.807, 2.05) is 77.7 Å². The second-order valence-electron chi connectivity index (χ2n) is 8.72. The maximum atomic E-state index is 12.7. The molecule has 5 rings (SSSR count). The number of para-hydroxylation sites is 1. The predicted octanol–water partition coefficient (Wildman–Crippen LogP) is 5.13. The number of hydrogen-bond donors (Lipinski definition) is 2. The largest absolute Gasteiger partial charge is 0.465 e. The molecule has 1 amide bonds. The highest BCUT2D eigenvalue weighted by atomic mass is 32.1. The van der Waals surface area contributed by atoms with Crippen LogP contribution in [0.1, 0.15) is 40.3 Å². The topological polar surface area (TPSA) is 96.7 Å². The summed E-state index contributed by atoms with van der Waals surface area (Å²) in [4.78, 5) is 31.5.